The second kappa shape index (κ2) is 5.44. The number of nitrogens with two attached hydrogens (primary N) is 1. The molecule has 6 nitrogen and oxygen atoms in total. The summed E-state index contributed by atoms with van der Waals surface area (Å²) in [6, 6.07) is 0. The van der Waals surface area contributed by atoms with E-state index in [1.165, 1.54) is 0 Å². The second-order valence-electron chi connectivity index (χ2n) is 5.43. The van der Waals surface area contributed by atoms with Gasteiger partial charge in [0.25, 0.3) is 0 Å². The van der Waals surface area contributed by atoms with Gasteiger partial charge >= 0.3 is 0 Å². The number of sulfonamides is 1. The van der Waals surface area contributed by atoms with Gasteiger partial charge in [0.15, 0.2) is 14.9 Å². The Labute approximate surface area is 109 Å². The summed E-state index contributed by atoms with van der Waals surface area (Å²) >= 11 is 0. The van der Waals surface area contributed by atoms with Crippen molar-refractivity contribution in [1.29, 1.82) is 0 Å². The van der Waals surface area contributed by atoms with Gasteiger partial charge in [0.2, 0.25) is 10.0 Å². The fourth-order valence-corrected chi connectivity index (χ4v) is 5.74. The first-order valence-corrected chi connectivity index (χ1v) is 9.68. The first-order chi connectivity index (χ1) is 8.08. The van der Waals surface area contributed by atoms with E-state index in [-0.39, 0.29) is 6.54 Å². The quantitative estimate of drug-likeness (QED) is 0.732. The van der Waals surface area contributed by atoms with Crippen LogP contribution in [0, 0.1) is 5.92 Å². The standard InChI is InChI=1S/C10H22N2O4S2/c1-9-3-5-10(7-11,6-4-9)12-18(15,16)8-17(2,13)14/h9,12H,3-8,11H2,1-2H3. The van der Waals surface area contributed by atoms with Crippen LogP contribution >= 0.6 is 0 Å². The molecule has 108 valence electrons. The summed E-state index contributed by atoms with van der Waals surface area (Å²) in [7, 11) is -7.41. The van der Waals surface area contributed by atoms with Crippen molar-refractivity contribution < 1.29 is 16.8 Å². The highest BCUT2D eigenvalue weighted by atomic mass is 32.3. The minimum atomic E-state index is -3.84. The maximum absolute atomic E-state index is 11.8. The maximum Gasteiger partial charge on any atom is 0.226 e. The summed E-state index contributed by atoms with van der Waals surface area (Å²) in [6.45, 7) is 2.31. The molecule has 0 aromatic heterocycles. The van der Waals surface area contributed by atoms with E-state index < -0.39 is 30.5 Å². The third kappa shape index (κ3) is 4.83. The fourth-order valence-electron chi connectivity index (χ4n) is 2.30. The summed E-state index contributed by atoms with van der Waals surface area (Å²) < 4.78 is 48.3. The van der Waals surface area contributed by atoms with E-state index in [1.807, 2.05) is 0 Å². The Bertz CT molecular complexity index is 476. The van der Waals surface area contributed by atoms with Crippen molar-refractivity contribution in [2.75, 3.05) is 17.9 Å². The zero-order chi connectivity index (χ0) is 14.0. The molecular formula is C10H22N2O4S2. The Hall–Kier alpha value is -0.180. The van der Waals surface area contributed by atoms with Crippen LogP contribution in [0.4, 0.5) is 0 Å². The van der Waals surface area contributed by atoms with Crippen LogP contribution in [0.2, 0.25) is 0 Å². The van der Waals surface area contributed by atoms with Crippen molar-refractivity contribution in [2.24, 2.45) is 11.7 Å². The van der Waals surface area contributed by atoms with Crippen molar-refractivity contribution in [3.8, 4) is 0 Å². The molecule has 8 heteroatoms. The van der Waals surface area contributed by atoms with Crippen LogP contribution in [0.15, 0.2) is 0 Å². The molecule has 0 heterocycles. The highest BCUT2D eigenvalue weighted by molar-refractivity contribution is 8.06. The van der Waals surface area contributed by atoms with Gasteiger partial charge in [-0.2, -0.15) is 0 Å². The molecule has 0 aliphatic heterocycles. The van der Waals surface area contributed by atoms with Gasteiger partial charge < -0.3 is 5.73 Å². The minimum absolute atomic E-state index is 0.197. The fraction of sp³-hybridized carbons (Fsp3) is 1.00. The smallest absolute Gasteiger partial charge is 0.226 e. The molecule has 0 unspecified atom stereocenters. The monoisotopic (exact) mass is 298 g/mol. The Morgan fingerprint density at radius 1 is 1.22 bits per heavy atom. The first-order valence-electron chi connectivity index (χ1n) is 5.97. The molecule has 0 amide bonds. The number of hydrogen-bond donors (Lipinski definition) is 2. The molecule has 0 radical (unpaired) electrons. The van der Waals surface area contributed by atoms with Crippen molar-refractivity contribution in [2.45, 2.75) is 38.1 Å². The van der Waals surface area contributed by atoms with Crippen molar-refractivity contribution in [1.82, 2.24) is 4.72 Å². The summed E-state index contributed by atoms with van der Waals surface area (Å²) in [6.07, 6.45) is 4.03. The van der Waals surface area contributed by atoms with Gasteiger partial charge in [0, 0.05) is 18.3 Å². The van der Waals surface area contributed by atoms with E-state index in [0.717, 1.165) is 19.1 Å². The van der Waals surface area contributed by atoms with Gasteiger partial charge in [-0.25, -0.2) is 21.6 Å². The molecule has 18 heavy (non-hydrogen) atoms. The summed E-state index contributed by atoms with van der Waals surface area (Å²) in [5, 5.41) is -0.878. The van der Waals surface area contributed by atoms with Crippen LogP contribution in [-0.2, 0) is 19.9 Å². The zero-order valence-corrected chi connectivity index (χ0v) is 12.5. The molecule has 0 saturated heterocycles. The highest BCUT2D eigenvalue weighted by Gasteiger charge is 2.37. The predicted molar refractivity (Wildman–Crippen MR) is 71.2 cm³/mol. The molecule has 0 atom stereocenters. The lowest BCUT2D eigenvalue weighted by Crippen LogP contribution is -2.56. The third-order valence-electron chi connectivity index (χ3n) is 3.36. The number of hydrogen-bond acceptors (Lipinski definition) is 5. The predicted octanol–water partition coefficient (Wildman–Crippen LogP) is -0.184. The van der Waals surface area contributed by atoms with Gasteiger partial charge in [0.1, 0.15) is 0 Å². The van der Waals surface area contributed by atoms with Gasteiger partial charge in [-0.3, -0.25) is 0 Å². The van der Waals surface area contributed by atoms with E-state index in [9.17, 15) is 16.8 Å². The number of nitrogens with one attached hydrogen (secondary N) is 1. The Balaban J connectivity index is 2.80. The molecular weight excluding hydrogens is 276 g/mol. The molecule has 1 saturated carbocycles. The molecule has 1 aliphatic rings. The van der Waals surface area contributed by atoms with Crippen LogP contribution in [0.25, 0.3) is 0 Å². The van der Waals surface area contributed by atoms with Gasteiger partial charge in [-0.05, 0) is 31.6 Å². The Morgan fingerprint density at radius 2 is 1.72 bits per heavy atom. The molecule has 0 aromatic carbocycles. The third-order valence-corrected chi connectivity index (χ3v) is 7.06. The van der Waals surface area contributed by atoms with Gasteiger partial charge in [0.05, 0.1) is 0 Å². The lowest BCUT2D eigenvalue weighted by atomic mass is 9.78. The van der Waals surface area contributed by atoms with E-state index >= 15 is 0 Å². The van der Waals surface area contributed by atoms with Gasteiger partial charge in [-0.15, -0.1) is 0 Å². The van der Waals surface area contributed by atoms with Crippen molar-refractivity contribution in [3.63, 3.8) is 0 Å². The minimum Gasteiger partial charge on any atom is -0.329 e. The average Bonchev–Trinajstić information content (AvgIpc) is 2.18. The van der Waals surface area contributed by atoms with Crippen LogP contribution in [0.5, 0.6) is 0 Å². The molecule has 1 fully saturated rings. The second-order valence-corrected chi connectivity index (χ2v) is 9.66. The SMILES string of the molecule is CC1CCC(CN)(NS(=O)(=O)CS(C)(=O)=O)CC1. The summed E-state index contributed by atoms with van der Waals surface area (Å²) in [5.41, 5.74) is 5.01. The molecule has 1 aliphatic carbocycles. The number of rotatable bonds is 5. The molecule has 3 N–H and O–H groups in total. The van der Waals surface area contributed by atoms with Crippen molar-refractivity contribution >= 4 is 19.9 Å². The van der Waals surface area contributed by atoms with Crippen molar-refractivity contribution in [3.05, 3.63) is 0 Å². The number of sulfone groups is 1. The largest absolute Gasteiger partial charge is 0.329 e. The van der Waals surface area contributed by atoms with Crippen LogP contribution in [0.1, 0.15) is 32.6 Å². The molecule has 0 spiro atoms. The Kier molecular flexibility index (Phi) is 4.80. The lowest BCUT2D eigenvalue weighted by Gasteiger charge is -2.38. The average molecular weight is 298 g/mol. The van der Waals surface area contributed by atoms with Gasteiger partial charge in [-0.1, -0.05) is 6.92 Å². The van der Waals surface area contributed by atoms with E-state index in [2.05, 4.69) is 11.6 Å². The van der Waals surface area contributed by atoms with E-state index in [0.29, 0.717) is 18.8 Å². The van der Waals surface area contributed by atoms with E-state index in [4.69, 9.17) is 5.73 Å². The Morgan fingerprint density at radius 3 is 2.11 bits per heavy atom. The topological polar surface area (TPSA) is 106 Å². The highest BCUT2D eigenvalue weighted by Crippen LogP contribution is 2.31. The maximum atomic E-state index is 11.8. The van der Waals surface area contributed by atoms with Crippen LogP contribution in [-0.4, -0.2) is 40.3 Å². The zero-order valence-electron chi connectivity index (χ0n) is 10.8. The van der Waals surface area contributed by atoms with Crippen LogP contribution < -0.4 is 10.5 Å². The molecule has 0 aromatic rings. The molecule has 1 rings (SSSR count). The van der Waals surface area contributed by atoms with Crippen LogP contribution in [0.3, 0.4) is 0 Å². The summed E-state index contributed by atoms with van der Waals surface area (Å²) in [4.78, 5) is 0. The lowest BCUT2D eigenvalue weighted by molar-refractivity contribution is 0.231. The summed E-state index contributed by atoms with van der Waals surface area (Å²) in [5.74, 6) is 0.559. The molecule has 0 bridgehead atoms. The first kappa shape index (κ1) is 15.9. The van der Waals surface area contributed by atoms with E-state index in [1.54, 1.807) is 0 Å². The normalized spacial score (nSPS) is 30.3.